The molecule has 0 saturated carbocycles. The van der Waals surface area contributed by atoms with E-state index in [1.54, 1.807) is 29.2 Å². The minimum absolute atomic E-state index is 0.213. The van der Waals surface area contributed by atoms with Crippen molar-refractivity contribution >= 4 is 34.8 Å². The Morgan fingerprint density at radius 2 is 1.83 bits per heavy atom. The average molecular weight is 421 g/mol. The predicted molar refractivity (Wildman–Crippen MR) is 118 cm³/mol. The third kappa shape index (κ3) is 4.63. The number of benzene rings is 3. The van der Waals surface area contributed by atoms with E-state index < -0.39 is 5.92 Å². The fraction of sp³-hybridized carbons (Fsp3) is 0.167. The topological polar surface area (TPSA) is 58.6 Å². The van der Waals surface area contributed by atoms with Crippen LogP contribution in [0.2, 0.25) is 5.02 Å². The summed E-state index contributed by atoms with van der Waals surface area (Å²) in [6.07, 6.45) is 0.459. The first kappa shape index (κ1) is 20.0. The number of rotatable bonds is 6. The Hall–Kier alpha value is -3.31. The van der Waals surface area contributed by atoms with Crippen LogP contribution >= 0.6 is 11.6 Å². The summed E-state index contributed by atoms with van der Waals surface area (Å²) >= 11 is 5.96. The van der Waals surface area contributed by atoms with E-state index in [-0.39, 0.29) is 11.8 Å². The average Bonchev–Trinajstić information content (AvgIpc) is 3.15. The molecular weight excluding hydrogens is 400 g/mol. The van der Waals surface area contributed by atoms with Gasteiger partial charge in [-0.15, -0.1) is 0 Å². The van der Waals surface area contributed by atoms with Crippen molar-refractivity contribution in [1.82, 2.24) is 0 Å². The zero-order valence-corrected chi connectivity index (χ0v) is 17.0. The van der Waals surface area contributed by atoms with Gasteiger partial charge in [-0.25, -0.2) is 0 Å². The van der Waals surface area contributed by atoms with E-state index in [2.05, 4.69) is 5.32 Å². The lowest BCUT2D eigenvalue weighted by atomic mass is 10.1. The van der Waals surface area contributed by atoms with Crippen LogP contribution in [-0.2, 0) is 16.2 Å². The zero-order valence-electron chi connectivity index (χ0n) is 16.3. The molecule has 0 unspecified atom stereocenters. The van der Waals surface area contributed by atoms with E-state index in [1.165, 1.54) is 0 Å². The third-order valence-electron chi connectivity index (χ3n) is 4.99. The Labute approximate surface area is 180 Å². The van der Waals surface area contributed by atoms with Crippen LogP contribution < -0.4 is 15.0 Å². The van der Waals surface area contributed by atoms with Crippen molar-refractivity contribution in [2.75, 3.05) is 16.8 Å². The highest BCUT2D eigenvalue weighted by molar-refractivity contribution is 6.31. The lowest BCUT2D eigenvalue weighted by molar-refractivity contribution is -0.129. The van der Waals surface area contributed by atoms with E-state index in [9.17, 15) is 9.59 Å². The molecule has 1 heterocycles. The first-order chi connectivity index (χ1) is 14.6. The molecule has 5 nitrogen and oxygen atoms in total. The van der Waals surface area contributed by atoms with Gasteiger partial charge >= 0.3 is 0 Å². The van der Waals surface area contributed by atoms with Crippen molar-refractivity contribution in [2.24, 2.45) is 5.92 Å². The van der Waals surface area contributed by atoms with Crippen LogP contribution in [0.3, 0.4) is 0 Å². The summed E-state index contributed by atoms with van der Waals surface area (Å²) in [5, 5.41) is 3.31. The number of ether oxygens (including phenoxy) is 1. The van der Waals surface area contributed by atoms with E-state index in [4.69, 9.17) is 16.3 Å². The normalized spacial score (nSPS) is 15.8. The van der Waals surface area contributed by atoms with Gasteiger partial charge in [0.15, 0.2) is 0 Å². The van der Waals surface area contributed by atoms with E-state index in [1.807, 2.05) is 54.6 Å². The van der Waals surface area contributed by atoms with Gasteiger partial charge in [-0.1, -0.05) is 54.1 Å². The highest BCUT2D eigenvalue weighted by Crippen LogP contribution is 2.29. The van der Waals surface area contributed by atoms with Gasteiger partial charge in [0.25, 0.3) is 0 Å². The molecule has 3 aromatic rings. The quantitative estimate of drug-likeness (QED) is 0.576. The highest BCUT2D eigenvalue weighted by Gasteiger charge is 2.37. The number of nitrogens with one attached hydrogen (secondary N) is 1. The van der Waals surface area contributed by atoms with Crippen molar-refractivity contribution in [3.05, 3.63) is 89.4 Å². The number of nitrogens with zero attached hydrogens (tertiary/aromatic N) is 1. The molecule has 1 aliphatic rings. The Bertz CT molecular complexity index is 1060. The van der Waals surface area contributed by atoms with Crippen LogP contribution in [0, 0.1) is 5.92 Å². The minimum Gasteiger partial charge on any atom is -0.489 e. The number of hydrogen-bond donors (Lipinski definition) is 1. The lowest BCUT2D eigenvalue weighted by Gasteiger charge is -2.18. The second-order valence-corrected chi connectivity index (χ2v) is 7.54. The number of carbonyl (C=O) groups is 2. The Morgan fingerprint density at radius 1 is 1.03 bits per heavy atom. The molecule has 2 amide bonds. The second kappa shape index (κ2) is 9.01. The van der Waals surface area contributed by atoms with Crippen LogP contribution in [0.4, 0.5) is 11.4 Å². The van der Waals surface area contributed by atoms with Crippen molar-refractivity contribution in [3.63, 3.8) is 0 Å². The molecule has 1 aliphatic heterocycles. The Balaban J connectivity index is 1.41. The molecule has 4 rings (SSSR count). The Morgan fingerprint density at radius 3 is 2.63 bits per heavy atom. The zero-order chi connectivity index (χ0) is 20.9. The van der Waals surface area contributed by atoms with Gasteiger partial charge in [0.05, 0.1) is 0 Å². The molecule has 30 heavy (non-hydrogen) atoms. The van der Waals surface area contributed by atoms with Crippen LogP contribution in [0.5, 0.6) is 5.75 Å². The summed E-state index contributed by atoms with van der Waals surface area (Å²) in [7, 11) is 0. The van der Waals surface area contributed by atoms with Crippen molar-refractivity contribution < 1.29 is 14.3 Å². The molecule has 1 N–H and O–H groups in total. The molecule has 1 fully saturated rings. The van der Waals surface area contributed by atoms with Gasteiger partial charge in [0, 0.05) is 29.0 Å². The van der Waals surface area contributed by atoms with Crippen molar-refractivity contribution in [1.29, 1.82) is 0 Å². The first-order valence-electron chi connectivity index (χ1n) is 9.75. The maximum absolute atomic E-state index is 12.9. The maximum Gasteiger partial charge on any atom is 0.239 e. The summed E-state index contributed by atoms with van der Waals surface area (Å²) in [5.41, 5.74) is 2.37. The summed E-state index contributed by atoms with van der Waals surface area (Å²) in [6.45, 7) is 0.928. The minimum atomic E-state index is -0.724. The van der Waals surface area contributed by atoms with Crippen molar-refractivity contribution in [3.8, 4) is 5.75 Å². The first-order valence-corrected chi connectivity index (χ1v) is 10.1. The number of halogens is 1. The van der Waals surface area contributed by atoms with Crippen LogP contribution in [0.15, 0.2) is 78.9 Å². The van der Waals surface area contributed by atoms with E-state index in [0.717, 1.165) is 11.3 Å². The molecular formula is C24H21ClN2O3. The number of amides is 2. The number of carbonyl (C=O) groups excluding carboxylic acids is 2. The molecule has 0 bridgehead atoms. The van der Waals surface area contributed by atoms with Crippen LogP contribution in [-0.4, -0.2) is 18.4 Å². The molecule has 1 atom stereocenters. The van der Waals surface area contributed by atoms with Gasteiger partial charge in [-0.2, -0.15) is 0 Å². The summed E-state index contributed by atoms with van der Waals surface area (Å²) in [4.78, 5) is 27.1. The molecule has 1 saturated heterocycles. The lowest BCUT2D eigenvalue weighted by Crippen LogP contribution is -2.33. The maximum atomic E-state index is 12.9. The molecule has 0 spiro atoms. The van der Waals surface area contributed by atoms with Gasteiger partial charge in [0.1, 0.15) is 18.3 Å². The highest BCUT2D eigenvalue weighted by atomic mass is 35.5. The molecule has 152 valence electrons. The molecule has 0 aliphatic carbocycles. The van der Waals surface area contributed by atoms with E-state index >= 15 is 0 Å². The summed E-state index contributed by atoms with van der Waals surface area (Å²) in [6, 6.07) is 24.2. The second-order valence-electron chi connectivity index (χ2n) is 7.10. The standard InChI is InChI=1S/C24H21ClN2O3/c25-18-8-4-9-19(14-18)26-23(28)22-12-13-27(24(22)29)20-10-5-11-21(15-20)30-16-17-6-2-1-3-7-17/h1-11,14-15,22H,12-13,16H2,(H,26,28)/t22-/m1/s1. The monoisotopic (exact) mass is 420 g/mol. The summed E-state index contributed by atoms with van der Waals surface area (Å²) in [5.74, 6) is -0.579. The molecule has 6 heteroatoms. The largest absolute Gasteiger partial charge is 0.489 e. The Kier molecular flexibility index (Phi) is 6.00. The number of hydrogen-bond acceptors (Lipinski definition) is 3. The fourth-order valence-electron chi connectivity index (χ4n) is 3.46. The summed E-state index contributed by atoms with van der Waals surface area (Å²) < 4.78 is 5.86. The fourth-order valence-corrected chi connectivity index (χ4v) is 3.65. The van der Waals surface area contributed by atoms with Crippen LogP contribution in [0.25, 0.3) is 0 Å². The smallest absolute Gasteiger partial charge is 0.239 e. The van der Waals surface area contributed by atoms with Gasteiger partial charge < -0.3 is 15.0 Å². The van der Waals surface area contributed by atoms with Crippen molar-refractivity contribution in [2.45, 2.75) is 13.0 Å². The predicted octanol–water partition coefficient (Wildman–Crippen LogP) is 4.91. The SMILES string of the molecule is O=C(Nc1cccc(Cl)c1)[C@H]1CCN(c2cccc(OCc3ccccc3)c2)C1=O. The molecule has 3 aromatic carbocycles. The number of anilines is 2. The van der Waals surface area contributed by atoms with Gasteiger partial charge in [0.2, 0.25) is 11.8 Å². The van der Waals surface area contributed by atoms with Gasteiger partial charge in [-0.05, 0) is 42.3 Å². The third-order valence-corrected chi connectivity index (χ3v) is 5.23. The van der Waals surface area contributed by atoms with E-state index in [0.29, 0.717) is 36.0 Å². The van der Waals surface area contributed by atoms with Crippen LogP contribution in [0.1, 0.15) is 12.0 Å². The molecule has 0 radical (unpaired) electrons. The molecule has 0 aromatic heterocycles. The van der Waals surface area contributed by atoms with Gasteiger partial charge in [-0.3, -0.25) is 9.59 Å².